The Morgan fingerprint density at radius 1 is 1.06 bits per heavy atom. The second-order valence-electron chi connectivity index (χ2n) is 6.89. The van der Waals surface area contributed by atoms with Crippen LogP contribution in [0.15, 0.2) is 0 Å². The highest BCUT2D eigenvalue weighted by atomic mass is 15.2. The fourth-order valence-corrected chi connectivity index (χ4v) is 3.68. The number of likely N-dealkylation sites (tertiary alicyclic amines) is 1. The quantitative estimate of drug-likeness (QED) is 0.826. The largest absolute Gasteiger partial charge is 0.310 e. The molecule has 2 fully saturated rings. The minimum atomic E-state index is 0.661. The number of rotatable bonds is 4. The van der Waals surface area contributed by atoms with Gasteiger partial charge in [0.2, 0.25) is 0 Å². The smallest absolute Gasteiger partial charge is 0.0169 e. The van der Waals surface area contributed by atoms with E-state index in [2.05, 4.69) is 31.0 Å². The van der Waals surface area contributed by atoms with Crippen LogP contribution in [0.3, 0.4) is 0 Å². The SMILES string of the molecule is CC(CN1CCCCC1)NC1CCC(C)C(C)C1. The molecule has 0 aromatic rings. The number of hydrogen-bond donors (Lipinski definition) is 1. The van der Waals surface area contributed by atoms with Gasteiger partial charge in [0, 0.05) is 18.6 Å². The van der Waals surface area contributed by atoms with Crippen LogP contribution in [0.4, 0.5) is 0 Å². The van der Waals surface area contributed by atoms with Crippen LogP contribution < -0.4 is 5.32 Å². The summed E-state index contributed by atoms with van der Waals surface area (Å²) in [6, 6.07) is 1.43. The molecule has 1 saturated carbocycles. The third-order valence-electron chi connectivity index (χ3n) is 5.10. The summed E-state index contributed by atoms with van der Waals surface area (Å²) < 4.78 is 0. The highest BCUT2D eigenvalue weighted by Crippen LogP contribution is 2.29. The van der Waals surface area contributed by atoms with Crippen molar-refractivity contribution in [2.45, 2.75) is 71.4 Å². The zero-order chi connectivity index (χ0) is 13.0. The van der Waals surface area contributed by atoms with Gasteiger partial charge in [0.25, 0.3) is 0 Å². The maximum absolute atomic E-state index is 3.88. The Kier molecular flexibility index (Phi) is 5.50. The van der Waals surface area contributed by atoms with Crippen molar-refractivity contribution in [2.75, 3.05) is 19.6 Å². The van der Waals surface area contributed by atoms with Crippen LogP contribution >= 0.6 is 0 Å². The molecule has 1 saturated heterocycles. The first-order valence-electron chi connectivity index (χ1n) is 8.13. The van der Waals surface area contributed by atoms with Gasteiger partial charge in [-0.05, 0) is 64.0 Å². The van der Waals surface area contributed by atoms with Crippen molar-refractivity contribution < 1.29 is 0 Å². The molecule has 4 atom stereocenters. The zero-order valence-corrected chi connectivity index (χ0v) is 12.6. The predicted octanol–water partition coefficient (Wildman–Crippen LogP) is 3.28. The molecule has 1 aliphatic heterocycles. The van der Waals surface area contributed by atoms with Crippen LogP contribution in [0, 0.1) is 11.8 Å². The lowest BCUT2D eigenvalue weighted by Gasteiger charge is -2.36. The topological polar surface area (TPSA) is 15.3 Å². The van der Waals surface area contributed by atoms with Gasteiger partial charge < -0.3 is 10.2 Å². The third-order valence-corrected chi connectivity index (χ3v) is 5.10. The van der Waals surface area contributed by atoms with Crippen molar-refractivity contribution in [1.29, 1.82) is 0 Å². The zero-order valence-electron chi connectivity index (χ0n) is 12.6. The summed E-state index contributed by atoms with van der Waals surface area (Å²) in [7, 11) is 0. The number of nitrogens with zero attached hydrogens (tertiary/aromatic N) is 1. The summed E-state index contributed by atoms with van der Waals surface area (Å²) in [5.74, 6) is 1.83. The fraction of sp³-hybridized carbons (Fsp3) is 1.00. The van der Waals surface area contributed by atoms with Crippen LogP contribution in [-0.4, -0.2) is 36.6 Å². The summed E-state index contributed by atoms with van der Waals surface area (Å²) in [6.45, 7) is 11.1. The van der Waals surface area contributed by atoms with Gasteiger partial charge in [-0.2, -0.15) is 0 Å². The van der Waals surface area contributed by atoms with Gasteiger partial charge in [0.1, 0.15) is 0 Å². The highest BCUT2D eigenvalue weighted by molar-refractivity contribution is 4.82. The van der Waals surface area contributed by atoms with Gasteiger partial charge in [-0.25, -0.2) is 0 Å². The van der Waals surface area contributed by atoms with Gasteiger partial charge in [-0.3, -0.25) is 0 Å². The Hall–Kier alpha value is -0.0800. The van der Waals surface area contributed by atoms with Crippen molar-refractivity contribution in [3.63, 3.8) is 0 Å². The van der Waals surface area contributed by atoms with Crippen molar-refractivity contribution in [2.24, 2.45) is 11.8 Å². The van der Waals surface area contributed by atoms with E-state index in [-0.39, 0.29) is 0 Å². The average Bonchev–Trinajstić information content (AvgIpc) is 2.35. The number of piperidine rings is 1. The summed E-state index contributed by atoms with van der Waals surface area (Å²) in [5.41, 5.74) is 0. The molecular formula is C16H32N2. The molecular weight excluding hydrogens is 220 g/mol. The van der Waals surface area contributed by atoms with E-state index in [0.29, 0.717) is 6.04 Å². The van der Waals surface area contributed by atoms with Crippen LogP contribution in [0.1, 0.15) is 59.3 Å². The van der Waals surface area contributed by atoms with E-state index in [1.165, 1.54) is 58.2 Å². The van der Waals surface area contributed by atoms with Crippen molar-refractivity contribution in [3.8, 4) is 0 Å². The van der Waals surface area contributed by atoms with Gasteiger partial charge >= 0.3 is 0 Å². The fourth-order valence-electron chi connectivity index (χ4n) is 3.68. The lowest BCUT2D eigenvalue weighted by atomic mass is 9.79. The molecule has 0 aromatic heterocycles. The van der Waals surface area contributed by atoms with E-state index in [1.807, 2.05) is 0 Å². The van der Waals surface area contributed by atoms with Crippen LogP contribution in [-0.2, 0) is 0 Å². The molecule has 106 valence electrons. The third kappa shape index (κ3) is 4.24. The first-order chi connectivity index (χ1) is 8.65. The normalized spacial score (nSPS) is 36.5. The molecule has 2 nitrogen and oxygen atoms in total. The standard InChI is InChI=1S/C16H32N2/c1-13-7-8-16(11-14(13)2)17-15(3)12-18-9-5-4-6-10-18/h13-17H,4-12H2,1-3H3. The Labute approximate surface area is 114 Å². The van der Waals surface area contributed by atoms with E-state index in [9.17, 15) is 0 Å². The Bertz CT molecular complexity index is 235. The molecule has 1 heterocycles. The highest BCUT2D eigenvalue weighted by Gasteiger charge is 2.25. The number of hydrogen-bond acceptors (Lipinski definition) is 2. The Morgan fingerprint density at radius 2 is 1.78 bits per heavy atom. The van der Waals surface area contributed by atoms with Gasteiger partial charge in [-0.15, -0.1) is 0 Å². The lowest BCUT2D eigenvalue weighted by Crippen LogP contribution is -2.47. The van der Waals surface area contributed by atoms with Crippen LogP contribution in [0.2, 0.25) is 0 Å². The van der Waals surface area contributed by atoms with Crippen molar-refractivity contribution in [1.82, 2.24) is 10.2 Å². The molecule has 4 unspecified atom stereocenters. The van der Waals surface area contributed by atoms with E-state index < -0.39 is 0 Å². The summed E-state index contributed by atoms with van der Waals surface area (Å²) >= 11 is 0. The summed E-state index contributed by atoms with van der Waals surface area (Å²) in [4.78, 5) is 2.65. The molecule has 0 aromatic carbocycles. The molecule has 1 aliphatic carbocycles. The molecule has 2 heteroatoms. The second kappa shape index (κ2) is 6.91. The summed E-state index contributed by atoms with van der Waals surface area (Å²) in [6.07, 6.45) is 8.43. The second-order valence-corrected chi connectivity index (χ2v) is 6.89. The van der Waals surface area contributed by atoms with Crippen LogP contribution in [0.5, 0.6) is 0 Å². The molecule has 1 N–H and O–H groups in total. The Morgan fingerprint density at radius 3 is 2.44 bits per heavy atom. The van der Waals surface area contributed by atoms with E-state index in [1.54, 1.807) is 0 Å². The molecule has 2 rings (SSSR count). The monoisotopic (exact) mass is 252 g/mol. The maximum Gasteiger partial charge on any atom is 0.0169 e. The van der Waals surface area contributed by atoms with E-state index >= 15 is 0 Å². The molecule has 2 aliphatic rings. The van der Waals surface area contributed by atoms with E-state index in [4.69, 9.17) is 0 Å². The molecule has 18 heavy (non-hydrogen) atoms. The molecule has 0 spiro atoms. The Balaban J connectivity index is 1.68. The minimum absolute atomic E-state index is 0.661. The lowest BCUT2D eigenvalue weighted by molar-refractivity contribution is 0.179. The predicted molar refractivity (Wildman–Crippen MR) is 78.9 cm³/mol. The van der Waals surface area contributed by atoms with E-state index in [0.717, 1.165) is 17.9 Å². The maximum atomic E-state index is 3.88. The van der Waals surface area contributed by atoms with Crippen molar-refractivity contribution in [3.05, 3.63) is 0 Å². The van der Waals surface area contributed by atoms with Gasteiger partial charge in [0.15, 0.2) is 0 Å². The molecule has 0 amide bonds. The summed E-state index contributed by atoms with van der Waals surface area (Å²) in [5, 5.41) is 3.88. The molecule has 0 radical (unpaired) electrons. The number of nitrogens with one attached hydrogen (secondary N) is 1. The average molecular weight is 252 g/mol. The van der Waals surface area contributed by atoms with Crippen LogP contribution in [0.25, 0.3) is 0 Å². The van der Waals surface area contributed by atoms with Gasteiger partial charge in [-0.1, -0.05) is 20.3 Å². The molecule has 0 bridgehead atoms. The first kappa shape index (κ1) is 14.3. The van der Waals surface area contributed by atoms with Gasteiger partial charge in [0.05, 0.1) is 0 Å². The van der Waals surface area contributed by atoms with Crippen molar-refractivity contribution >= 4 is 0 Å². The first-order valence-corrected chi connectivity index (χ1v) is 8.13. The minimum Gasteiger partial charge on any atom is -0.310 e.